The van der Waals surface area contributed by atoms with Crippen molar-refractivity contribution in [3.05, 3.63) is 101 Å². The number of fused-ring (bicyclic) bond motifs is 1. The van der Waals surface area contributed by atoms with Gasteiger partial charge in [0.15, 0.2) is 0 Å². The topological polar surface area (TPSA) is 81.7 Å². The van der Waals surface area contributed by atoms with E-state index in [2.05, 4.69) is 10.6 Å². The zero-order valence-corrected chi connectivity index (χ0v) is 16.7. The lowest BCUT2D eigenvalue weighted by Gasteiger charge is -2.18. The van der Waals surface area contributed by atoms with E-state index < -0.39 is 6.04 Å². The molecule has 1 aliphatic rings. The average Bonchev–Trinajstić information content (AvgIpc) is 3.23. The van der Waals surface area contributed by atoms with Crippen LogP contribution in [0.2, 0.25) is 0 Å². The number of carbonyl (C=O) groups excluding carboxylic acids is 2. The molecule has 3 aromatic carbocycles. The Morgan fingerprint density at radius 3 is 2.13 bits per heavy atom. The molecule has 158 valence electrons. The second-order valence-corrected chi connectivity index (χ2v) is 7.39. The molecule has 1 aliphatic heterocycles. The fourth-order valence-electron chi connectivity index (χ4n) is 3.56. The van der Waals surface area contributed by atoms with Crippen molar-refractivity contribution in [1.29, 1.82) is 0 Å². The Labute approximate surface area is 179 Å². The third kappa shape index (κ3) is 4.73. The number of anilines is 1. The molecule has 0 radical (unpaired) electrons. The molecule has 0 saturated carbocycles. The number of halogens is 1. The van der Waals surface area contributed by atoms with Crippen molar-refractivity contribution in [2.45, 2.75) is 19.1 Å². The van der Waals surface area contributed by atoms with Crippen molar-refractivity contribution in [2.75, 3.05) is 11.9 Å². The van der Waals surface area contributed by atoms with E-state index in [0.29, 0.717) is 29.9 Å². The first-order valence-electron chi connectivity index (χ1n) is 9.93. The van der Waals surface area contributed by atoms with Gasteiger partial charge in [0.25, 0.3) is 5.91 Å². The molecule has 3 N–H and O–H groups in total. The van der Waals surface area contributed by atoms with E-state index in [-0.39, 0.29) is 24.4 Å². The predicted molar refractivity (Wildman–Crippen MR) is 115 cm³/mol. The van der Waals surface area contributed by atoms with Crippen LogP contribution in [0.15, 0.2) is 72.8 Å². The third-order valence-corrected chi connectivity index (χ3v) is 5.29. The second kappa shape index (κ2) is 8.97. The Morgan fingerprint density at radius 1 is 0.935 bits per heavy atom. The fourth-order valence-corrected chi connectivity index (χ4v) is 3.56. The molecule has 1 heterocycles. The molecular weight excluding hydrogens is 397 g/mol. The van der Waals surface area contributed by atoms with Gasteiger partial charge in [-0.15, -0.1) is 0 Å². The molecule has 0 bridgehead atoms. The van der Waals surface area contributed by atoms with E-state index in [4.69, 9.17) is 0 Å². The first kappa shape index (κ1) is 20.6. The molecule has 0 aromatic heterocycles. The van der Waals surface area contributed by atoms with Gasteiger partial charge in [-0.3, -0.25) is 4.79 Å². The summed E-state index contributed by atoms with van der Waals surface area (Å²) < 4.78 is 13.1. The molecule has 7 heteroatoms. The van der Waals surface area contributed by atoms with Crippen LogP contribution in [0.25, 0.3) is 0 Å². The van der Waals surface area contributed by atoms with Gasteiger partial charge >= 0.3 is 6.03 Å². The normalized spacial score (nSPS) is 13.4. The number of rotatable bonds is 5. The molecule has 4 rings (SSSR count). The molecule has 1 atom stereocenters. The maximum atomic E-state index is 13.1. The lowest BCUT2D eigenvalue weighted by atomic mass is 10.1. The Balaban J connectivity index is 1.36. The molecule has 6 nitrogen and oxygen atoms in total. The van der Waals surface area contributed by atoms with Crippen molar-refractivity contribution in [3.8, 4) is 0 Å². The number of aliphatic hydroxyl groups excluding tert-OH is 1. The molecule has 0 unspecified atom stereocenters. The van der Waals surface area contributed by atoms with Crippen molar-refractivity contribution >= 4 is 17.6 Å². The maximum Gasteiger partial charge on any atom is 0.322 e. The Bertz CT molecular complexity index is 1060. The lowest BCUT2D eigenvalue weighted by Crippen LogP contribution is -2.31. The minimum atomic E-state index is -0.649. The van der Waals surface area contributed by atoms with Gasteiger partial charge in [-0.25, -0.2) is 9.18 Å². The number of hydrogen-bond acceptors (Lipinski definition) is 3. The number of hydrogen-bond donors (Lipinski definition) is 3. The predicted octanol–water partition coefficient (Wildman–Crippen LogP) is 3.84. The first-order valence-corrected chi connectivity index (χ1v) is 9.93. The molecule has 0 spiro atoms. The lowest BCUT2D eigenvalue weighted by molar-refractivity contribution is 0.0916. The standard InChI is InChI=1S/C24H22FN3O3/c25-20-9-5-16(6-10-20)22(15-29)27-23(30)17-7-11-21(12-8-17)26-24(31)28-13-18-3-1-2-4-19(18)14-28/h1-12,22,29H,13-15H2,(H,26,31)(H,27,30)/t22-/m1/s1. The van der Waals surface area contributed by atoms with Gasteiger partial charge in [0.05, 0.1) is 12.6 Å². The van der Waals surface area contributed by atoms with Gasteiger partial charge in [0.1, 0.15) is 5.82 Å². The Hall–Kier alpha value is -3.71. The Kier molecular flexibility index (Phi) is 5.95. The van der Waals surface area contributed by atoms with Crippen LogP contribution in [-0.4, -0.2) is 28.6 Å². The van der Waals surface area contributed by atoms with Gasteiger partial charge < -0.3 is 20.6 Å². The van der Waals surface area contributed by atoms with Crippen molar-refractivity contribution < 1.29 is 19.1 Å². The highest BCUT2D eigenvalue weighted by Crippen LogP contribution is 2.23. The van der Waals surface area contributed by atoms with Crippen LogP contribution >= 0.6 is 0 Å². The van der Waals surface area contributed by atoms with E-state index >= 15 is 0 Å². The third-order valence-electron chi connectivity index (χ3n) is 5.29. The van der Waals surface area contributed by atoms with E-state index in [1.54, 1.807) is 29.2 Å². The largest absolute Gasteiger partial charge is 0.394 e. The molecule has 31 heavy (non-hydrogen) atoms. The van der Waals surface area contributed by atoms with E-state index in [1.807, 2.05) is 24.3 Å². The van der Waals surface area contributed by atoms with Crippen LogP contribution in [0.1, 0.15) is 33.1 Å². The summed E-state index contributed by atoms with van der Waals surface area (Å²) in [7, 11) is 0. The fraction of sp³-hybridized carbons (Fsp3) is 0.167. The summed E-state index contributed by atoms with van der Waals surface area (Å²) >= 11 is 0. The second-order valence-electron chi connectivity index (χ2n) is 7.39. The van der Waals surface area contributed by atoms with Gasteiger partial charge in [0, 0.05) is 24.3 Å². The molecule has 0 saturated heterocycles. The van der Waals surface area contributed by atoms with Crippen molar-refractivity contribution in [1.82, 2.24) is 10.2 Å². The number of nitrogens with one attached hydrogen (secondary N) is 2. The molecule has 3 aromatic rings. The zero-order valence-electron chi connectivity index (χ0n) is 16.7. The number of benzene rings is 3. The van der Waals surface area contributed by atoms with Crippen LogP contribution in [0.5, 0.6) is 0 Å². The maximum absolute atomic E-state index is 13.1. The SMILES string of the molecule is O=C(N[C@H](CO)c1ccc(F)cc1)c1ccc(NC(=O)N2Cc3ccccc3C2)cc1. The van der Waals surface area contributed by atoms with Gasteiger partial charge in [-0.2, -0.15) is 0 Å². The first-order chi connectivity index (χ1) is 15.0. The molecule has 3 amide bonds. The molecule has 0 fully saturated rings. The number of nitrogens with zero attached hydrogens (tertiary/aromatic N) is 1. The van der Waals surface area contributed by atoms with Crippen LogP contribution in [-0.2, 0) is 13.1 Å². The quantitative estimate of drug-likeness (QED) is 0.588. The van der Waals surface area contributed by atoms with Crippen LogP contribution in [0.3, 0.4) is 0 Å². The van der Waals surface area contributed by atoms with E-state index in [9.17, 15) is 19.1 Å². The van der Waals surface area contributed by atoms with Crippen LogP contribution < -0.4 is 10.6 Å². The molecule has 0 aliphatic carbocycles. The average molecular weight is 419 g/mol. The Morgan fingerprint density at radius 2 is 1.55 bits per heavy atom. The number of urea groups is 1. The van der Waals surface area contributed by atoms with E-state index in [0.717, 1.165) is 11.1 Å². The minimum absolute atomic E-state index is 0.204. The molecular formula is C24H22FN3O3. The van der Waals surface area contributed by atoms with Crippen molar-refractivity contribution in [2.24, 2.45) is 0 Å². The van der Waals surface area contributed by atoms with Crippen molar-refractivity contribution in [3.63, 3.8) is 0 Å². The van der Waals surface area contributed by atoms with Crippen LogP contribution in [0, 0.1) is 5.82 Å². The number of carbonyl (C=O) groups is 2. The summed E-state index contributed by atoms with van der Waals surface area (Å²) in [5.41, 5.74) is 3.85. The summed E-state index contributed by atoms with van der Waals surface area (Å²) in [6.07, 6.45) is 0. The van der Waals surface area contributed by atoms with Crippen LogP contribution in [0.4, 0.5) is 14.9 Å². The van der Waals surface area contributed by atoms with E-state index in [1.165, 1.54) is 24.3 Å². The van der Waals surface area contributed by atoms with Gasteiger partial charge in [-0.05, 0) is 53.1 Å². The smallest absolute Gasteiger partial charge is 0.322 e. The summed E-state index contributed by atoms with van der Waals surface area (Å²) in [6.45, 7) is 0.812. The summed E-state index contributed by atoms with van der Waals surface area (Å²) in [6, 6.07) is 19.2. The van der Waals surface area contributed by atoms with Gasteiger partial charge in [0.2, 0.25) is 0 Å². The highest BCUT2D eigenvalue weighted by Gasteiger charge is 2.23. The minimum Gasteiger partial charge on any atom is -0.394 e. The zero-order chi connectivity index (χ0) is 21.8. The summed E-state index contributed by atoms with van der Waals surface area (Å²) in [5, 5.41) is 15.2. The summed E-state index contributed by atoms with van der Waals surface area (Å²) in [5.74, 6) is -0.765. The summed E-state index contributed by atoms with van der Waals surface area (Å²) in [4.78, 5) is 26.8. The number of amides is 3. The highest BCUT2D eigenvalue weighted by molar-refractivity contribution is 5.95. The monoisotopic (exact) mass is 419 g/mol. The van der Waals surface area contributed by atoms with Gasteiger partial charge in [-0.1, -0.05) is 36.4 Å². The number of aliphatic hydroxyl groups is 1. The highest BCUT2D eigenvalue weighted by atomic mass is 19.1.